The van der Waals surface area contributed by atoms with E-state index in [4.69, 9.17) is 0 Å². The molecule has 0 radical (unpaired) electrons. The van der Waals surface area contributed by atoms with Crippen LogP contribution in [0.15, 0.2) is 41.6 Å². The van der Waals surface area contributed by atoms with Gasteiger partial charge in [-0.3, -0.25) is 4.98 Å². The van der Waals surface area contributed by atoms with Gasteiger partial charge in [-0.2, -0.15) is 0 Å². The van der Waals surface area contributed by atoms with Crippen LogP contribution in [0.1, 0.15) is 16.7 Å². The van der Waals surface area contributed by atoms with Gasteiger partial charge in [0.15, 0.2) is 9.84 Å². The van der Waals surface area contributed by atoms with Crippen molar-refractivity contribution in [1.29, 1.82) is 0 Å². The molecule has 0 spiro atoms. The Kier molecular flexibility index (Phi) is 4.09. The highest BCUT2D eigenvalue weighted by Gasteiger charge is 2.09. The van der Waals surface area contributed by atoms with Gasteiger partial charge in [0, 0.05) is 30.9 Å². The summed E-state index contributed by atoms with van der Waals surface area (Å²) in [5, 5.41) is 3.28. The van der Waals surface area contributed by atoms with Crippen LogP contribution in [0, 0.1) is 13.8 Å². The molecule has 0 aliphatic rings. The molecular formula is C15H18N2O2S. The molecule has 0 saturated heterocycles. The summed E-state index contributed by atoms with van der Waals surface area (Å²) >= 11 is 0. The first-order chi connectivity index (χ1) is 9.38. The van der Waals surface area contributed by atoms with Gasteiger partial charge in [0.1, 0.15) is 0 Å². The summed E-state index contributed by atoms with van der Waals surface area (Å²) in [7, 11) is -3.19. The second kappa shape index (κ2) is 5.63. The van der Waals surface area contributed by atoms with E-state index < -0.39 is 9.84 Å². The Morgan fingerprint density at radius 3 is 2.55 bits per heavy atom. The van der Waals surface area contributed by atoms with Crippen LogP contribution in [0.2, 0.25) is 0 Å². The van der Waals surface area contributed by atoms with Gasteiger partial charge in [-0.1, -0.05) is 6.07 Å². The van der Waals surface area contributed by atoms with Crippen LogP contribution in [-0.2, 0) is 16.4 Å². The summed E-state index contributed by atoms with van der Waals surface area (Å²) in [5.41, 5.74) is 4.09. The molecule has 0 amide bonds. The Morgan fingerprint density at radius 2 is 1.90 bits per heavy atom. The van der Waals surface area contributed by atoms with E-state index in [1.807, 2.05) is 32.2 Å². The second-order valence-electron chi connectivity index (χ2n) is 4.90. The number of aromatic nitrogens is 1. The minimum absolute atomic E-state index is 0.327. The summed E-state index contributed by atoms with van der Waals surface area (Å²) < 4.78 is 23.2. The summed E-state index contributed by atoms with van der Waals surface area (Å²) in [5.74, 6) is 0. The van der Waals surface area contributed by atoms with Crippen molar-refractivity contribution in [1.82, 2.24) is 4.98 Å². The van der Waals surface area contributed by atoms with Crippen molar-refractivity contribution in [2.75, 3.05) is 11.6 Å². The monoisotopic (exact) mass is 290 g/mol. The summed E-state index contributed by atoms with van der Waals surface area (Å²) in [6.45, 7) is 4.59. The third-order valence-electron chi connectivity index (χ3n) is 3.25. The maximum atomic E-state index is 11.6. The van der Waals surface area contributed by atoms with E-state index in [0.717, 1.165) is 22.4 Å². The maximum absolute atomic E-state index is 11.6. The van der Waals surface area contributed by atoms with E-state index in [2.05, 4.69) is 10.3 Å². The Labute approximate surface area is 119 Å². The van der Waals surface area contributed by atoms with Crippen molar-refractivity contribution in [3.05, 3.63) is 53.3 Å². The molecular weight excluding hydrogens is 272 g/mol. The maximum Gasteiger partial charge on any atom is 0.175 e. The van der Waals surface area contributed by atoms with Gasteiger partial charge in [-0.15, -0.1) is 0 Å². The van der Waals surface area contributed by atoms with Crippen LogP contribution >= 0.6 is 0 Å². The Balaban J connectivity index is 2.24. The lowest BCUT2D eigenvalue weighted by Crippen LogP contribution is -2.05. The van der Waals surface area contributed by atoms with E-state index in [0.29, 0.717) is 11.4 Å². The van der Waals surface area contributed by atoms with Crippen LogP contribution in [0.3, 0.4) is 0 Å². The molecule has 0 atom stereocenters. The average Bonchev–Trinajstić information content (AvgIpc) is 2.38. The fourth-order valence-electron chi connectivity index (χ4n) is 1.89. The Hall–Kier alpha value is -1.88. The number of sulfone groups is 1. The van der Waals surface area contributed by atoms with Crippen molar-refractivity contribution < 1.29 is 8.42 Å². The predicted octanol–water partition coefficient (Wildman–Crippen LogP) is 2.71. The highest BCUT2D eigenvalue weighted by molar-refractivity contribution is 7.90. The molecule has 1 N–H and O–H groups in total. The number of hydrogen-bond acceptors (Lipinski definition) is 4. The third-order valence-corrected chi connectivity index (χ3v) is 4.36. The molecule has 0 bridgehead atoms. The first kappa shape index (κ1) is 14.5. The first-order valence-electron chi connectivity index (χ1n) is 6.32. The van der Waals surface area contributed by atoms with E-state index >= 15 is 0 Å². The molecule has 0 saturated carbocycles. The number of anilines is 1. The lowest BCUT2D eigenvalue weighted by molar-refractivity contribution is 0.602. The van der Waals surface area contributed by atoms with Gasteiger partial charge < -0.3 is 5.32 Å². The van der Waals surface area contributed by atoms with Crippen molar-refractivity contribution in [3.63, 3.8) is 0 Å². The van der Waals surface area contributed by atoms with Crippen molar-refractivity contribution >= 4 is 15.5 Å². The average molecular weight is 290 g/mol. The number of aryl methyl sites for hydroxylation is 2. The minimum Gasteiger partial charge on any atom is -0.381 e. The molecule has 0 unspecified atom stereocenters. The lowest BCUT2D eigenvalue weighted by Gasteiger charge is -2.12. The zero-order valence-electron chi connectivity index (χ0n) is 11.8. The van der Waals surface area contributed by atoms with E-state index in [1.54, 1.807) is 18.3 Å². The molecule has 20 heavy (non-hydrogen) atoms. The normalized spacial score (nSPS) is 11.3. The molecule has 5 heteroatoms. The van der Waals surface area contributed by atoms with Crippen molar-refractivity contribution in [2.45, 2.75) is 25.3 Å². The van der Waals surface area contributed by atoms with E-state index in [9.17, 15) is 8.42 Å². The molecule has 0 fully saturated rings. The number of hydrogen-bond donors (Lipinski definition) is 1. The van der Waals surface area contributed by atoms with Gasteiger partial charge >= 0.3 is 0 Å². The number of rotatable bonds is 4. The van der Waals surface area contributed by atoms with Gasteiger partial charge in [0.2, 0.25) is 0 Å². The Morgan fingerprint density at radius 1 is 1.15 bits per heavy atom. The van der Waals surface area contributed by atoms with Gasteiger partial charge in [-0.25, -0.2) is 8.42 Å². The van der Waals surface area contributed by atoms with E-state index in [1.165, 1.54) is 6.26 Å². The molecule has 4 nitrogen and oxygen atoms in total. The number of pyridine rings is 1. The summed E-state index contributed by atoms with van der Waals surface area (Å²) in [4.78, 5) is 4.43. The summed E-state index contributed by atoms with van der Waals surface area (Å²) in [6, 6.07) is 7.08. The highest BCUT2D eigenvalue weighted by Crippen LogP contribution is 2.21. The minimum atomic E-state index is -3.19. The zero-order valence-corrected chi connectivity index (χ0v) is 12.7. The standard InChI is InChI=1S/C15H18N2O2S/c1-11-6-7-16-9-13(11)10-17-15-8-14(20(3,18)19)5-4-12(15)2/h4-9,17H,10H2,1-3H3. The van der Waals surface area contributed by atoms with Crippen LogP contribution in [0.25, 0.3) is 0 Å². The third kappa shape index (κ3) is 3.36. The van der Waals surface area contributed by atoms with Crippen LogP contribution < -0.4 is 5.32 Å². The van der Waals surface area contributed by atoms with Crippen molar-refractivity contribution in [2.24, 2.45) is 0 Å². The highest BCUT2D eigenvalue weighted by atomic mass is 32.2. The van der Waals surface area contributed by atoms with Crippen molar-refractivity contribution in [3.8, 4) is 0 Å². The summed E-state index contributed by atoms with van der Waals surface area (Å²) in [6.07, 6.45) is 4.79. The largest absolute Gasteiger partial charge is 0.381 e. The lowest BCUT2D eigenvalue weighted by atomic mass is 10.1. The number of nitrogens with zero attached hydrogens (tertiary/aromatic N) is 1. The van der Waals surface area contributed by atoms with E-state index in [-0.39, 0.29) is 0 Å². The molecule has 0 aliphatic heterocycles. The van der Waals surface area contributed by atoms with Gasteiger partial charge in [0.05, 0.1) is 4.90 Å². The van der Waals surface area contributed by atoms with Crippen LogP contribution in [-0.4, -0.2) is 19.7 Å². The topological polar surface area (TPSA) is 59.1 Å². The molecule has 0 aliphatic carbocycles. The fraction of sp³-hybridized carbons (Fsp3) is 0.267. The number of benzene rings is 1. The fourth-order valence-corrected chi connectivity index (χ4v) is 2.54. The first-order valence-corrected chi connectivity index (χ1v) is 8.21. The van der Waals surface area contributed by atoms with Gasteiger partial charge in [-0.05, 0) is 48.7 Å². The molecule has 2 rings (SSSR count). The quantitative estimate of drug-likeness (QED) is 0.940. The van der Waals surface area contributed by atoms with Crippen LogP contribution in [0.5, 0.6) is 0 Å². The smallest absolute Gasteiger partial charge is 0.175 e. The zero-order chi connectivity index (χ0) is 14.8. The van der Waals surface area contributed by atoms with Gasteiger partial charge in [0.25, 0.3) is 0 Å². The van der Waals surface area contributed by atoms with Crippen LogP contribution in [0.4, 0.5) is 5.69 Å². The number of nitrogens with one attached hydrogen (secondary N) is 1. The second-order valence-corrected chi connectivity index (χ2v) is 6.92. The molecule has 1 aromatic heterocycles. The molecule has 106 valence electrons. The molecule has 1 heterocycles. The SMILES string of the molecule is Cc1ccncc1CNc1cc(S(C)(=O)=O)ccc1C. The predicted molar refractivity (Wildman–Crippen MR) is 80.6 cm³/mol. The molecule has 2 aromatic rings. The Bertz CT molecular complexity index is 724. The molecule has 1 aromatic carbocycles.